The van der Waals surface area contributed by atoms with Gasteiger partial charge in [-0.05, 0) is 19.9 Å². The molecule has 0 unspecified atom stereocenters. The van der Waals surface area contributed by atoms with Gasteiger partial charge in [-0.2, -0.15) is 5.10 Å². The van der Waals surface area contributed by atoms with E-state index in [1.807, 2.05) is 18.7 Å². The molecule has 0 N–H and O–H groups in total. The summed E-state index contributed by atoms with van der Waals surface area (Å²) in [6.07, 6.45) is 1.84. The lowest BCUT2D eigenvalue weighted by molar-refractivity contribution is -0.0588. The molecule has 0 aliphatic carbocycles. The highest BCUT2D eigenvalue weighted by atomic mass is 16.5. The fraction of sp³-hybridized carbons (Fsp3) is 0.636. The number of rotatable bonds is 1. The molecular formula is C11H17N3O2. The van der Waals surface area contributed by atoms with Gasteiger partial charge in [0.05, 0.1) is 12.2 Å². The van der Waals surface area contributed by atoms with Gasteiger partial charge in [0.15, 0.2) is 0 Å². The van der Waals surface area contributed by atoms with Gasteiger partial charge >= 0.3 is 0 Å². The Bertz CT molecular complexity index is 378. The second-order valence-electron chi connectivity index (χ2n) is 4.31. The van der Waals surface area contributed by atoms with Crippen molar-refractivity contribution in [3.8, 4) is 0 Å². The highest BCUT2D eigenvalue weighted by Gasteiger charge is 2.27. The Morgan fingerprint density at radius 3 is 2.56 bits per heavy atom. The SMILES string of the molecule is C[C@@H]1CN(C(=O)c2ccnn2C)C[C@@H](C)O1. The van der Waals surface area contributed by atoms with Crippen molar-refractivity contribution in [1.29, 1.82) is 0 Å². The van der Waals surface area contributed by atoms with E-state index in [1.54, 1.807) is 24.0 Å². The Labute approximate surface area is 95.0 Å². The van der Waals surface area contributed by atoms with Gasteiger partial charge in [0, 0.05) is 26.3 Å². The Morgan fingerprint density at radius 2 is 2.06 bits per heavy atom. The van der Waals surface area contributed by atoms with Crippen LogP contribution in [0.5, 0.6) is 0 Å². The van der Waals surface area contributed by atoms with E-state index in [9.17, 15) is 4.79 Å². The highest BCUT2D eigenvalue weighted by molar-refractivity contribution is 5.92. The van der Waals surface area contributed by atoms with E-state index in [0.29, 0.717) is 18.8 Å². The first-order chi connectivity index (χ1) is 7.58. The van der Waals surface area contributed by atoms with Crippen LogP contribution in [-0.4, -0.2) is 45.9 Å². The van der Waals surface area contributed by atoms with Crippen molar-refractivity contribution < 1.29 is 9.53 Å². The summed E-state index contributed by atoms with van der Waals surface area (Å²) in [5, 5.41) is 4.01. The number of carbonyl (C=O) groups excluding carboxylic acids is 1. The number of amides is 1. The molecule has 5 nitrogen and oxygen atoms in total. The van der Waals surface area contributed by atoms with Gasteiger partial charge < -0.3 is 9.64 Å². The third kappa shape index (κ3) is 2.09. The molecule has 0 saturated carbocycles. The van der Waals surface area contributed by atoms with E-state index in [2.05, 4.69) is 5.10 Å². The molecule has 1 saturated heterocycles. The van der Waals surface area contributed by atoms with Gasteiger partial charge in [-0.1, -0.05) is 0 Å². The predicted octanol–water partition coefficient (Wildman–Crippen LogP) is 0.669. The van der Waals surface area contributed by atoms with Crippen molar-refractivity contribution in [2.24, 2.45) is 7.05 Å². The summed E-state index contributed by atoms with van der Waals surface area (Å²) in [6, 6.07) is 1.74. The minimum atomic E-state index is 0.0296. The van der Waals surface area contributed by atoms with Crippen LogP contribution in [0, 0.1) is 0 Å². The molecule has 88 valence electrons. The van der Waals surface area contributed by atoms with Crippen LogP contribution >= 0.6 is 0 Å². The lowest BCUT2D eigenvalue weighted by Gasteiger charge is -2.35. The fourth-order valence-corrected chi connectivity index (χ4v) is 2.09. The second-order valence-corrected chi connectivity index (χ2v) is 4.31. The number of ether oxygens (including phenoxy) is 1. The van der Waals surface area contributed by atoms with Gasteiger partial charge in [0.25, 0.3) is 5.91 Å². The average Bonchev–Trinajstić information content (AvgIpc) is 2.62. The largest absolute Gasteiger partial charge is 0.372 e. The normalized spacial score (nSPS) is 25.8. The fourth-order valence-electron chi connectivity index (χ4n) is 2.09. The van der Waals surface area contributed by atoms with Gasteiger partial charge in [0.1, 0.15) is 5.69 Å². The first-order valence-corrected chi connectivity index (χ1v) is 5.50. The zero-order valence-corrected chi connectivity index (χ0v) is 9.88. The van der Waals surface area contributed by atoms with E-state index in [1.165, 1.54) is 0 Å². The van der Waals surface area contributed by atoms with Crippen LogP contribution < -0.4 is 0 Å². The summed E-state index contributed by atoms with van der Waals surface area (Å²) in [6.45, 7) is 5.26. The molecule has 0 radical (unpaired) electrons. The molecule has 0 bridgehead atoms. The molecule has 1 aliphatic rings. The Kier molecular flexibility index (Phi) is 2.96. The zero-order valence-electron chi connectivity index (χ0n) is 9.88. The van der Waals surface area contributed by atoms with E-state index in [0.717, 1.165) is 0 Å². The standard InChI is InChI=1S/C11H17N3O2/c1-8-6-14(7-9(2)16-8)11(15)10-4-5-12-13(10)3/h4-5,8-9H,6-7H2,1-3H3/t8-,9-/m1/s1. The van der Waals surface area contributed by atoms with Gasteiger partial charge in [-0.15, -0.1) is 0 Å². The second kappa shape index (κ2) is 4.25. The minimum absolute atomic E-state index is 0.0296. The molecule has 2 heterocycles. The number of morpholine rings is 1. The molecule has 1 aliphatic heterocycles. The first kappa shape index (κ1) is 11.1. The monoisotopic (exact) mass is 223 g/mol. The molecule has 1 aromatic rings. The molecule has 0 spiro atoms. The van der Waals surface area contributed by atoms with Gasteiger partial charge in [-0.25, -0.2) is 0 Å². The maximum atomic E-state index is 12.2. The molecule has 2 atom stereocenters. The van der Waals surface area contributed by atoms with Crippen LogP contribution in [0.15, 0.2) is 12.3 Å². The van der Waals surface area contributed by atoms with Crippen molar-refractivity contribution in [1.82, 2.24) is 14.7 Å². The molecular weight excluding hydrogens is 206 g/mol. The van der Waals surface area contributed by atoms with Crippen molar-refractivity contribution in [3.63, 3.8) is 0 Å². The lowest BCUT2D eigenvalue weighted by Crippen LogP contribution is -2.48. The van der Waals surface area contributed by atoms with Crippen molar-refractivity contribution in [2.75, 3.05) is 13.1 Å². The van der Waals surface area contributed by atoms with Crippen LogP contribution in [0.4, 0.5) is 0 Å². The van der Waals surface area contributed by atoms with E-state index < -0.39 is 0 Å². The topological polar surface area (TPSA) is 47.4 Å². The average molecular weight is 223 g/mol. The molecule has 16 heavy (non-hydrogen) atoms. The van der Waals surface area contributed by atoms with E-state index in [-0.39, 0.29) is 18.1 Å². The maximum absolute atomic E-state index is 12.2. The van der Waals surface area contributed by atoms with Crippen LogP contribution in [0.2, 0.25) is 0 Å². The summed E-state index contributed by atoms with van der Waals surface area (Å²) in [7, 11) is 1.78. The quantitative estimate of drug-likeness (QED) is 0.703. The Morgan fingerprint density at radius 1 is 1.44 bits per heavy atom. The predicted molar refractivity (Wildman–Crippen MR) is 59.1 cm³/mol. The highest BCUT2D eigenvalue weighted by Crippen LogP contribution is 2.13. The van der Waals surface area contributed by atoms with Gasteiger partial charge in [-0.3, -0.25) is 9.48 Å². The van der Waals surface area contributed by atoms with Crippen molar-refractivity contribution in [2.45, 2.75) is 26.1 Å². The summed E-state index contributed by atoms with van der Waals surface area (Å²) in [5.74, 6) is 0.0296. The van der Waals surface area contributed by atoms with Crippen LogP contribution in [0.3, 0.4) is 0 Å². The number of hydrogen-bond acceptors (Lipinski definition) is 3. The Hall–Kier alpha value is -1.36. The zero-order chi connectivity index (χ0) is 11.7. The smallest absolute Gasteiger partial charge is 0.272 e. The summed E-state index contributed by atoms with van der Waals surface area (Å²) >= 11 is 0. The third-order valence-electron chi connectivity index (χ3n) is 2.75. The summed E-state index contributed by atoms with van der Waals surface area (Å²) < 4.78 is 7.20. The number of aryl methyl sites for hydroxylation is 1. The van der Waals surface area contributed by atoms with E-state index in [4.69, 9.17) is 4.74 Å². The number of nitrogens with zero attached hydrogens (tertiary/aromatic N) is 3. The number of carbonyl (C=O) groups is 1. The summed E-state index contributed by atoms with van der Waals surface area (Å²) in [4.78, 5) is 14.0. The van der Waals surface area contributed by atoms with Crippen LogP contribution in [-0.2, 0) is 11.8 Å². The Balaban J connectivity index is 2.13. The van der Waals surface area contributed by atoms with E-state index >= 15 is 0 Å². The molecule has 1 aromatic heterocycles. The minimum Gasteiger partial charge on any atom is -0.372 e. The van der Waals surface area contributed by atoms with Crippen molar-refractivity contribution >= 4 is 5.91 Å². The molecule has 2 rings (SSSR count). The van der Waals surface area contributed by atoms with Crippen LogP contribution in [0.25, 0.3) is 0 Å². The molecule has 0 aromatic carbocycles. The summed E-state index contributed by atoms with van der Waals surface area (Å²) in [5.41, 5.74) is 0.626. The van der Waals surface area contributed by atoms with Crippen molar-refractivity contribution in [3.05, 3.63) is 18.0 Å². The molecule has 1 amide bonds. The molecule has 1 fully saturated rings. The molecule has 5 heteroatoms. The maximum Gasteiger partial charge on any atom is 0.272 e. The lowest BCUT2D eigenvalue weighted by atomic mass is 10.2. The number of hydrogen-bond donors (Lipinski definition) is 0. The third-order valence-corrected chi connectivity index (χ3v) is 2.75. The van der Waals surface area contributed by atoms with Gasteiger partial charge in [0.2, 0.25) is 0 Å². The van der Waals surface area contributed by atoms with Crippen LogP contribution in [0.1, 0.15) is 24.3 Å². The first-order valence-electron chi connectivity index (χ1n) is 5.50. The number of aromatic nitrogens is 2.